The topological polar surface area (TPSA) is 162 Å². The number of ether oxygens (including phenoxy) is 5. The van der Waals surface area contributed by atoms with Crippen LogP contribution in [0, 0.1) is 39.8 Å². The molecule has 12 heteroatoms. The standard InChI is InChI=1S/C46H57FN2O9/c1-6-7-8-9-11-34-13-15-35(16-14-34)36-17-19-39(40(47)27-36)37-18-20-41(38(26-37)12-10-25-54-44(52)32(2)3)55-28-46(29-56-42(50)21-23-48,30-57-43(51)22-24-49)31-58-45(53)33(4)5/h17-20,26-27,34-35H,2,4,6-16,21-22,25,28-31H2,1,3,5H3. The van der Waals surface area contributed by atoms with Gasteiger partial charge in [-0.2, -0.15) is 10.5 Å². The van der Waals surface area contributed by atoms with Gasteiger partial charge in [0.25, 0.3) is 0 Å². The Labute approximate surface area is 342 Å². The first-order valence-corrected chi connectivity index (χ1v) is 20.1. The molecule has 1 aliphatic rings. The number of aryl methyl sites for hydroxylation is 1. The average molecular weight is 801 g/mol. The molecule has 0 bridgehead atoms. The summed E-state index contributed by atoms with van der Waals surface area (Å²) in [6.07, 6.45) is 10.4. The van der Waals surface area contributed by atoms with E-state index in [1.165, 1.54) is 39.0 Å². The quantitative estimate of drug-likeness (QED) is 0.0431. The van der Waals surface area contributed by atoms with Crippen LogP contribution in [0.4, 0.5) is 4.39 Å². The molecule has 0 radical (unpaired) electrons. The average Bonchev–Trinajstić information content (AvgIpc) is 3.21. The Kier molecular flexibility index (Phi) is 19.7. The highest BCUT2D eigenvalue weighted by Gasteiger charge is 2.38. The molecule has 3 rings (SSSR count). The summed E-state index contributed by atoms with van der Waals surface area (Å²) in [7, 11) is 0. The molecule has 1 aliphatic carbocycles. The molecule has 2 aromatic rings. The van der Waals surface area contributed by atoms with Crippen molar-refractivity contribution in [3.05, 3.63) is 77.6 Å². The van der Waals surface area contributed by atoms with Crippen LogP contribution >= 0.6 is 0 Å². The highest BCUT2D eigenvalue weighted by atomic mass is 19.1. The molecule has 0 saturated heterocycles. The Morgan fingerprint density at radius 2 is 1.40 bits per heavy atom. The molecule has 58 heavy (non-hydrogen) atoms. The van der Waals surface area contributed by atoms with E-state index in [0.717, 1.165) is 37.2 Å². The molecular formula is C46H57FN2O9. The molecule has 1 fully saturated rings. The van der Waals surface area contributed by atoms with E-state index < -0.39 is 62.0 Å². The van der Waals surface area contributed by atoms with Crippen molar-refractivity contribution in [1.82, 2.24) is 0 Å². The van der Waals surface area contributed by atoms with Crippen LogP contribution in [0.15, 0.2) is 60.7 Å². The second-order valence-electron chi connectivity index (χ2n) is 15.3. The monoisotopic (exact) mass is 800 g/mol. The van der Waals surface area contributed by atoms with E-state index in [0.29, 0.717) is 41.2 Å². The van der Waals surface area contributed by atoms with E-state index in [2.05, 4.69) is 20.1 Å². The molecule has 0 unspecified atom stereocenters. The highest BCUT2D eigenvalue weighted by Crippen LogP contribution is 2.39. The second kappa shape index (κ2) is 24.3. The van der Waals surface area contributed by atoms with Crippen molar-refractivity contribution >= 4 is 23.9 Å². The van der Waals surface area contributed by atoms with Crippen LogP contribution in [0.5, 0.6) is 5.75 Å². The first kappa shape index (κ1) is 46.9. The van der Waals surface area contributed by atoms with Gasteiger partial charge in [-0.1, -0.05) is 70.4 Å². The van der Waals surface area contributed by atoms with E-state index in [9.17, 15) is 19.2 Å². The molecule has 0 N–H and O–H groups in total. The van der Waals surface area contributed by atoms with Crippen LogP contribution in [0.2, 0.25) is 0 Å². The summed E-state index contributed by atoms with van der Waals surface area (Å²) in [5.41, 5.74) is 1.48. The first-order chi connectivity index (χ1) is 27.8. The molecule has 0 aliphatic heterocycles. The summed E-state index contributed by atoms with van der Waals surface area (Å²) < 4.78 is 43.7. The van der Waals surface area contributed by atoms with E-state index in [-0.39, 0.29) is 30.2 Å². The van der Waals surface area contributed by atoms with Crippen LogP contribution in [-0.4, -0.2) is 56.9 Å². The van der Waals surface area contributed by atoms with Crippen LogP contribution in [0.25, 0.3) is 11.1 Å². The van der Waals surface area contributed by atoms with Crippen molar-refractivity contribution in [1.29, 1.82) is 10.5 Å². The lowest BCUT2D eigenvalue weighted by Gasteiger charge is -2.32. The number of nitrogens with zero attached hydrogens (tertiary/aromatic N) is 2. The lowest BCUT2D eigenvalue weighted by molar-refractivity contribution is -0.162. The van der Waals surface area contributed by atoms with Gasteiger partial charge in [0.15, 0.2) is 0 Å². The summed E-state index contributed by atoms with van der Waals surface area (Å²) >= 11 is 0. The van der Waals surface area contributed by atoms with Gasteiger partial charge in [-0.05, 0) is 99.1 Å². The van der Waals surface area contributed by atoms with Gasteiger partial charge in [0, 0.05) is 16.7 Å². The van der Waals surface area contributed by atoms with Crippen LogP contribution in [0.3, 0.4) is 0 Å². The predicted molar refractivity (Wildman–Crippen MR) is 215 cm³/mol. The third-order valence-corrected chi connectivity index (χ3v) is 10.2. The fraction of sp³-hybridized carbons (Fsp3) is 0.522. The van der Waals surface area contributed by atoms with Gasteiger partial charge in [0.1, 0.15) is 56.3 Å². The third-order valence-electron chi connectivity index (χ3n) is 10.2. The highest BCUT2D eigenvalue weighted by molar-refractivity contribution is 5.87. The molecule has 312 valence electrons. The summed E-state index contributed by atoms with van der Waals surface area (Å²) in [6.45, 7) is 10.7. The molecule has 0 aromatic heterocycles. The van der Waals surface area contributed by atoms with Crippen LogP contribution in [-0.2, 0) is 44.5 Å². The molecular weight excluding hydrogens is 744 g/mol. The van der Waals surface area contributed by atoms with Crippen molar-refractivity contribution < 1.29 is 47.3 Å². The summed E-state index contributed by atoms with van der Waals surface area (Å²) in [5.74, 6) is -1.97. The molecule has 0 atom stereocenters. The Morgan fingerprint density at radius 3 is 1.98 bits per heavy atom. The first-order valence-electron chi connectivity index (χ1n) is 20.1. The normalized spacial score (nSPS) is 14.9. The zero-order valence-electron chi connectivity index (χ0n) is 34.2. The number of rotatable bonds is 24. The van der Waals surface area contributed by atoms with Gasteiger partial charge in [0.05, 0.1) is 18.7 Å². The van der Waals surface area contributed by atoms with Gasteiger partial charge >= 0.3 is 23.9 Å². The number of hydrogen-bond donors (Lipinski definition) is 0. The van der Waals surface area contributed by atoms with Crippen molar-refractivity contribution in [2.24, 2.45) is 11.3 Å². The molecule has 1 saturated carbocycles. The molecule has 0 spiro atoms. The van der Waals surface area contributed by atoms with E-state index >= 15 is 4.39 Å². The number of halogens is 1. The molecule has 2 aromatic carbocycles. The van der Waals surface area contributed by atoms with Crippen LogP contribution in [0.1, 0.15) is 115 Å². The summed E-state index contributed by atoms with van der Waals surface area (Å²) in [6, 6.07) is 14.0. The number of benzene rings is 2. The fourth-order valence-corrected chi connectivity index (χ4v) is 6.82. The molecule has 0 amide bonds. The Morgan fingerprint density at radius 1 is 0.776 bits per heavy atom. The van der Waals surface area contributed by atoms with Gasteiger partial charge in [0.2, 0.25) is 0 Å². The third kappa shape index (κ3) is 15.5. The molecule has 11 nitrogen and oxygen atoms in total. The molecule has 0 heterocycles. The van der Waals surface area contributed by atoms with Crippen molar-refractivity contribution in [2.75, 3.05) is 33.0 Å². The minimum absolute atomic E-state index is 0.0733. The predicted octanol–water partition coefficient (Wildman–Crippen LogP) is 9.19. The minimum atomic E-state index is -1.50. The smallest absolute Gasteiger partial charge is 0.333 e. The largest absolute Gasteiger partial charge is 0.492 e. The number of hydrogen-bond acceptors (Lipinski definition) is 11. The van der Waals surface area contributed by atoms with Crippen molar-refractivity contribution in [3.8, 4) is 29.0 Å². The second-order valence-corrected chi connectivity index (χ2v) is 15.3. The Hall–Kier alpha value is -5.49. The maximum Gasteiger partial charge on any atom is 0.333 e. The number of unbranched alkanes of at least 4 members (excludes halogenated alkanes) is 3. The number of esters is 4. The number of carbonyl (C=O) groups excluding carboxylic acids is 4. The van der Waals surface area contributed by atoms with Crippen molar-refractivity contribution in [3.63, 3.8) is 0 Å². The minimum Gasteiger partial charge on any atom is -0.492 e. The van der Waals surface area contributed by atoms with E-state index in [1.54, 1.807) is 43.3 Å². The fourth-order valence-electron chi connectivity index (χ4n) is 6.82. The van der Waals surface area contributed by atoms with E-state index in [4.69, 9.17) is 34.2 Å². The van der Waals surface area contributed by atoms with Gasteiger partial charge in [-0.25, -0.2) is 14.0 Å². The summed E-state index contributed by atoms with van der Waals surface area (Å²) in [5, 5.41) is 18.0. The van der Waals surface area contributed by atoms with Crippen molar-refractivity contribution in [2.45, 2.75) is 110 Å². The van der Waals surface area contributed by atoms with Crippen LogP contribution < -0.4 is 4.74 Å². The number of nitriles is 2. The van der Waals surface area contributed by atoms with Gasteiger partial charge in [-0.3, -0.25) is 9.59 Å². The maximum atomic E-state index is 16.0. The zero-order chi connectivity index (χ0) is 42.5. The number of carbonyl (C=O) groups is 4. The zero-order valence-corrected chi connectivity index (χ0v) is 34.2. The lowest BCUT2D eigenvalue weighted by Crippen LogP contribution is -2.44. The maximum absolute atomic E-state index is 16.0. The summed E-state index contributed by atoms with van der Waals surface area (Å²) in [4.78, 5) is 49.1. The lowest BCUT2D eigenvalue weighted by atomic mass is 9.77. The van der Waals surface area contributed by atoms with Gasteiger partial charge < -0.3 is 23.7 Å². The van der Waals surface area contributed by atoms with Gasteiger partial charge in [-0.15, -0.1) is 0 Å². The Bertz CT molecular complexity index is 1800. The van der Waals surface area contributed by atoms with E-state index in [1.807, 2.05) is 12.1 Å². The SMILES string of the molecule is C=C(C)C(=O)OCCCc1cc(-c2ccc(C3CCC(CCCCCC)CC3)cc2F)ccc1OCC(COC(=O)CC#N)(COC(=O)CC#N)COC(=O)C(=C)C. The Balaban J connectivity index is 1.91.